The number of amides is 1. The maximum absolute atomic E-state index is 12.7. The van der Waals surface area contributed by atoms with Gasteiger partial charge in [0.1, 0.15) is 5.75 Å². The maximum Gasteiger partial charge on any atom is 0.233 e. The minimum absolute atomic E-state index is 0.168. The summed E-state index contributed by atoms with van der Waals surface area (Å²) in [5, 5.41) is 13.4. The number of rotatable bonds is 6. The number of para-hydroxylation sites is 2. The Kier molecular flexibility index (Phi) is 4.91. The van der Waals surface area contributed by atoms with Gasteiger partial charge in [-0.1, -0.05) is 54.1 Å². The number of methoxy groups -OCH3 is 1. The monoisotopic (exact) mass is 337 g/mol. The fraction of sp³-hybridized carbons (Fsp3) is 0.286. The van der Waals surface area contributed by atoms with Crippen molar-refractivity contribution in [1.82, 2.24) is 0 Å². The summed E-state index contributed by atoms with van der Waals surface area (Å²) in [5.41, 5.74) is 2.07. The SMILES string of the molecule is COc1ccccc1NC(=O)C1(C(O)/C=C/c2ccc(C)cc2)CC1. The molecule has 0 spiro atoms. The van der Waals surface area contributed by atoms with Crippen LogP contribution in [0.1, 0.15) is 24.0 Å². The fourth-order valence-corrected chi connectivity index (χ4v) is 2.85. The average molecular weight is 337 g/mol. The molecule has 4 nitrogen and oxygen atoms in total. The first-order valence-corrected chi connectivity index (χ1v) is 8.42. The third-order valence-corrected chi connectivity index (χ3v) is 4.71. The topological polar surface area (TPSA) is 58.6 Å². The van der Waals surface area contributed by atoms with Crippen molar-refractivity contribution in [3.8, 4) is 5.75 Å². The lowest BCUT2D eigenvalue weighted by atomic mass is 9.96. The molecule has 1 atom stereocenters. The van der Waals surface area contributed by atoms with Crippen molar-refractivity contribution >= 4 is 17.7 Å². The Morgan fingerprint density at radius 3 is 2.52 bits per heavy atom. The zero-order valence-electron chi connectivity index (χ0n) is 14.5. The molecule has 0 saturated heterocycles. The number of anilines is 1. The highest BCUT2D eigenvalue weighted by Crippen LogP contribution is 2.50. The third kappa shape index (κ3) is 3.74. The van der Waals surface area contributed by atoms with Crippen LogP contribution < -0.4 is 10.1 Å². The predicted molar refractivity (Wildman–Crippen MR) is 99.5 cm³/mol. The van der Waals surface area contributed by atoms with Crippen LogP contribution in [0.5, 0.6) is 5.75 Å². The quantitative estimate of drug-likeness (QED) is 0.843. The van der Waals surface area contributed by atoms with Gasteiger partial charge in [0.25, 0.3) is 0 Å². The molecule has 1 fully saturated rings. The molecule has 1 saturated carbocycles. The number of hydrogen-bond donors (Lipinski definition) is 2. The van der Waals surface area contributed by atoms with Crippen LogP contribution >= 0.6 is 0 Å². The van der Waals surface area contributed by atoms with Crippen molar-refractivity contribution in [2.45, 2.75) is 25.9 Å². The van der Waals surface area contributed by atoms with Gasteiger partial charge in [-0.25, -0.2) is 0 Å². The van der Waals surface area contributed by atoms with E-state index in [2.05, 4.69) is 5.32 Å². The first kappa shape index (κ1) is 17.2. The van der Waals surface area contributed by atoms with E-state index in [-0.39, 0.29) is 5.91 Å². The molecule has 1 unspecified atom stereocenters. The molecule has 1 aliphatic carbocycles. The lowest BCUT2D eigenvalue weighted by Crippen LogP contribution is -2.33. The summed E-state index contributed by atoms with van der Waals surface area (Å²) >= 11 is 0. The number of ether oxygens (including phenoxy) is 1. The van der Waals surface area contributed by atoms with Crippen LogP contribution in [0.3, 0.4) is 0 Å². The molecular formula is C21H23NO3. The number of aryl methyl sites for hydroxylation is 1. The molecule has 0 aromatic heterocycles. The van der Waals surface area contributed by atoms with E-state index in [9.17, 15) is 9.90 Å². The Hall–Kier alpha value is -2.59. The second-order valence-electron chi connectivity index (χ2n) is 6.53. The van der Waals surface area contributed by atoms with Crippen LogP contribution in [0.25, 0.3) is 6.08 Å². The highest BCUT2D eigenvalue weighted by atomic mass is 16.5. The summed E-state index contributed by atoms with van der Waals surface area (Å²) in [7, 11) is 1.57. The number of aliphatic hydroxyl groups is 1. The van der Waals surface area contributed by atoms with E-state index in [0.717, 1.165) is 5.56 Å². The van der Waals surface area contributed by atoms with Gasteiger partial charge in [0.2, 0.25) is 5.91 Å². The van der Waals surface area contributed by atoms with E-state index in [0.29, 0.717) is 24.3 Å². The van der Waals surface area contributed by atoms with E-state index in [1.807, 2.05) is 49.4 Å². The predicted octanol–water partition coefficient (Wildman–Crippen LogP) is 3.80. The fourth-order valence-electron chi connectivity index (χ4n) is 2.85. The van der Waals surface area contributed by atoms with Gasteiger partial charge >= 0.3 is 0 Å². The second kappa shape index (κ2) is 7.11. The van der Waals surface area contributed by atoms with Crippen LogP contribution in [-0.4, -0.2) is 24.2 Å². The molecule has 0 heterocycles. The normalized spacial score (nSPS) is 16.4. The zero-order chi connectivity index (χ0) is 17.9. The Morgan fingerprint density at radius 1 is 1.20 bits per heavy atom. The van der Waals surface area contributed by atoms with Crippen LogP contribution in [-0.2, 0) is 4.79 Å². The number of benzene rings is 2. The van der Waals surface area contributed by atoms with Crippen molar-refractivity contribution in [3.05, 3.63) is 65.7 Å². The summed E-state index contributed by atoms with van der Waals surface area (Å²) in [5.74, 6) is 0.439. The first-order chi connectivity index (χ1) is 12.0. The van der Waals surface area contributed by atoms with E-state index < -0.39 is 11.5 Å². The molecule has 3 rings (SSSR count). The van der Waals surface area contributed by atoms with Gasteiger partial charge in [0.05, 0.1) is 24.3 Å². The van der Waals surface area contributed by atoms with Gasteiger partial charge < -0.3 is 15.2 Å². The van der Waals surface area contributed by atoms with Crippen LogP contribution in [0.15, 0.2) is 54.6 Å². The van der Waals surface area contributed by atoms with Crippen LogP contribution in [0.4, 0.5) is 5.69 Å². The van der Waals surface area contributed by atoms with Gasteiger partial charge in [0.15, 0.2) is 0 Å². The number of hydrogen-bond acceptors (Lipinski definition) is 3. The summed E-state index contributed by atoms with van der Waals surface area (Å²) < 4.78 is 5.26. The summed E-state index contributed by atoms with van der Waals surface area (Å²) in [4.78, 5) is 12.7. The molecule has 2 aromatic carbocycles. The maximum atomic E-state index is 12.7. The van der Waals surface area contributed by atoms with E-state index in [4.69, 9.17) is 4.74 Å². The van der Waals surface area contributed by atoms with Crippen LogP contribution in [0.2, 0.25) is 0 Å². The number of aliphatic hydroxyl groups excluding tert-OH is 1. The van der Waals surface area contributed by atoms with Crippen molar-refractivity contribution < 1.29 is 14.6 Å². The molecule has 4 heteroatoms. The van der Waals surface area contributed by atoms with Crippen LogP contribution in [0, 0.1) is 12.3 Å². The van der Waals surface area contributed by atoms with Gasteiger partial charge in [0, 0.05) is 0 Å². The molecular weight excluding hydrogens is 314 g/mol. The van der Waals surface area contributed by atoms with Gasteiger partial charge in [-0.15, -0.1) is 0 Å². The second-order valence-corrected chi connectivity index (χ2v) is 6.53. The highest BCUT2D eigenvalue weighted by molar-refractivity contribution is 5.99. The van der Waals surface area contributed by atoms with E-state index >= 15 is 0 Å². The molecule has 2 N–H and O–H groups in total. The average Bonchev–Trinajstić information content (AvgIpc) is 3.43. The zero-order valence-corrected chi connectivity index (χ0v) is 14.5. The standard InChI is InChI=1S/C21H23NO3/c1-15-7-9-16(10-8-15)11-12-19(23)21(13-14-21)20(24)22-17-5-3-4-6-18(17)25-2/h3-12,19,23H,13-14H2,1-2H3,(H,22,24)/b12-11+. The first-order valence-electron chi connectivity index (χ1n) is 8.42. The van der Waals surface area contributed by atoms with Crippen molar-refractivity contribution in [2.24, 2.45) is 5.41 Å². The lowest BCUT2D eigenvalue weighted by Gasteiger charge is -2.20. The number of nitrogens with one attached hydrogen (secondary N) is 1. The molecule has 0 bridgehead atoms. The van der Waals surface area contributed by atoms with Gasteiger partial charge in [-0.2, -0.15) is 0 Å². The Balaban J connectivity index is 1.70. The Morgan fingerprint density at radius 2 is 1.88 bits per heavy atom. The number of carbonyl (C=O) groups excluding carboxylic acids is 1. The third-order valence-electron chi connectivity index (χ3n) is 4.71. The molecule has 1 aliphatic rings. The van der Waals surface area contributed by atoms with E-state index in [1.165, 1.54) is 5.56 Å². The summed E-state index contributed by atoms with van der Waals surface area (Å²) in [6, 6.07) is 15.3. The molecule has 130 valence electrons. The minimum atomic E-state index is -0.816. The van der Waals surface area contributed by atoms with Crippen molar-refractivity contribution in [1.29, 1.82) is 0 Å². The number of carbonyl (C=O) groups is 1. The molecule has 0 aliphatic heterocycles. The minimum Gasteiger partial charge on any atom is -0.495 e. The summed E-state index contributed by atoms with van der Waals surface area (Å²) in [6.45, 7) is 2.03. The highest BCUT2D eigenvalue weighted by Gasteiger charge is 2.54. The smallest absolute Gasteiger partial charge is 0.233 e. The lowest BCUT2D eigenvalue weighted by molar-refractivity contribution is -0.124. The molecule has 2 aromatic rings. The molecule has 0 radical (unpaired) electrons. The molecule has 25 heavy (non-hydrogen) atoms. The summed E-state index contributed by atoms with van der Waals surface area (Å²) in [6.07, 6.45) is 4.10. The Bertz CT molecular complexity index is 776. The largest absolute Gasteiger partial charge is 0.495 e. The molecule has 1 amide bonds. The van der Waals surface area contributed by atoms with Gasteiger partial charge in [-0.05, 0) is 37.5 Å². The van der Waals surface area contributed by atoms with Gasteiger partial charge in [-0.3, -0.25) is 4.79 Å². The van der Waals surface area contributed by atoms with Crippen molar-refractivity contribution in [3.63, 3.8) is 0 Å². The Labute approximate surface area is 148 Å². The van der Waals surface area contributed by atoms with E-state index in [1.54, 1.807) is 25.3 Å². The van der Waals surface area contributed by atoms with Crippen molar-refractivity contribution in [2.75, 3.05) is 12.4 Å².